The molecular formula is C15H22N2O2. The summed E-state index contributed by atoms with van der Waals surface area (Å²) in [5, 5.41) is 6.27. The number of hydrogen-bond donors (Lipinski definition) is 2. The zero-order chi connectivity index (χ0) is 13.7. The van der Waals surface area contributed by atoms with Crippen LogP contribution >= 0.6 is 0 Å². The minimum atomic E-state index is 0.154. The second-order valence-corrected chi connectivity index (χ2v) is 5.07. The number of carbonyl (C=O) groups excluding carboxylic acids is 1. The Kier molecular flexibility index (Phi) is 4.80. The Hall–Kier alpha value is -1.55. The predicted octanol–water partition coefficient (Wildman–Crippen LogP) is 1.76. The highest BCUT2D eigenvalue weighted by Crippen LogP contribution is 2.19. The number of nitrogens with one attached hydrogen (secondary N) is 2. The molecule has 0 aromatic heterocycles. The smallest absolute Gasteiger partial charge is 0.221 e. The van der Waals surface area contributed by atoms with Gasteiger partial charge in [-0.1, -0.05) is 12.1 Å². The fourth-order valence-corrected chi connectivity index (χ4v) is 2.01. The average Bonchev–Trinajstić information content (AvgIpc) is 3.19. The third-order valence-corrected chi connectivity index (χ3v) is 3.26. The summed E-state index contributed by atoms with van der Waals surface area (Å²) < 4.78 is 5.23. The van der Waals surface area contributed by atoms with Crippen LogP contribution in [-0.4, -0.2) is 25.6 Å². The van der Waals surface area contributed by atoms with Crippen LogP contribution in [0.25, 0.3) is 0 Å². The Morgan fingerprint density at radius 3 is 2.84 bits per heavy atom. The Morgan fingerprint density at radius 1 is 1.42 bits per heavy atom. The van der Waals surface area contributed by atoms with E-state index in [0.717, 1.165) is 30.7 Å². The average molecular weight is 262 g/mol. The van der Waals surface area contributed by atoms with Crippen molar-refractivity contribution in [1.29, 1.82) is 0 Å². The Bertz CT molecular complexity index is 442. The number of methoxy groups -OCH3 is 1. The van der Waals surface area contributed by atoms with E-state index in [0.29, 0.717) is 19.0 Å². The van der Waals surface area contributed by atoms with Crippen LogP contribution in [0.15, 0.2) is 18.2 Å². The second kappa shape index (κ2) is 6.57. The fourth-order valence-electron chi connectivity index (χ4n) is 2.01. The van der Waals surface area contributed by atoms with Crippen LogP contribution in [0.2, 0.25) is 0 Å². The van der Waals surface area contributed by atoms with Crippen LogP contribution in [0.3, 0.4) is 0 Å². The summed E-state index contributed by atoms with van der Waals surface area (Å²) in [6.45, 7) is 3.52. The minimum Gasteiger partial charge on any atom is -0.496 e. The molecule has 0 atom stereocenters. The molecule has 2 N–H and O–H groups in total. The van der Waals surface area contributed by atoms with Gasteiger partial charge in [0, 0.05) is 25.6 Å². The number of amides is 1. The highest BCUT2D eigenvalue weighted by atomic mass is 16.5. The Labute approximate surface area is 114 Å². The molecular weight excluding hydrogens is 240 g/mol. The number of benzene rings is 1. The maximum atomic E-state index is 11.5. The number of ether oxygens (including phenoxy) is 1. The van der Waals surface area contributed by atoms with E-state index < -0.39 is 0 Å². The van der Waals surface area contributed by atoms with Crippen LogP contribution in [0.1, 0.15) is 30.4 Å². The minimum absolute atomic E-state index is 0.154. The summed E-state index contributed by atoms with van der Waals surface area (Å²) in [6, 6.07) is 6.59. The highest BCUT2D eigenvalue weighted by Gasteiger charge is 2.22. The first kappa shape index (κ1) is 13.9. The van der Waals surface area contributed by atoms with Crippen molar-refractivity contribution < 1.29 is 9.53 Å². The normalized spacial score (nSPS) is 14.2. The van der Waals surface area contributed by atoms with Crippen molar-refractivity contribution in [3.8, 4) is 5.75 Å². The van der Waals surface area contributed by atoms with Gasteiger partial charge in [-0.25, -0.2) is 0 Å². The molecule has 1 aromatic carbocycles. The van der Waals surface area contributed by atoms with E-state index in [9.17, 15) is 4.79 Å². The lowest BCUT2D eigenvalue weighted by Crippen LogP contribution is -2.29. The van der Waals surface area contributed by atoms with Crippen molar-refractivity contribution in [2.24, 2.45) is 0 Å². The molecule has 0 spiro atoms. The van der Waals surface area contributed by atoms with Crippen LogP contribution in [0.5, 0.6) is 5.75 Å². The van der Waals surface area contributed by atoms with Crippen LogP contribution in [-0.2, 0) is 11.3 Å². The predicted molar refractivity (Wildman–Crippen MR) is 75.2 cm³/mol. The van der Waals surface area contributed by atoms with Crippen molar-refractivity contribution in [3.05, 3.63) is 29.3 Å². The van der Waals surface area contributed by atoms with Gasteiger partial charge in [0.2, 0.25) is 5.91 Å². The van der Waals surface area contributed by atoms with Gasteiger partial charge < -0.3 is 15.4 Å². The van der Waals surface area contributed by atoms with Gasteiger partial charge in [0.1, 0.15) is 5.75 Å². The molecule has 104 valence electrons. The summed E-state index contributed by atoms with van der Waals surface area (Å²) in [7, 11) is 1.68. The van der Waals surface area contributed by atoms with E-state index in [1.54, 1.807) is 7.11 Å². The van der Waals surface area contributed by atoms with E-state index in [2.05, 4.69) is 16.7 Å². The maximum absolute atomic E-state index is 11.5. The van der Waals surface area contributed by atoms with Crippen molar-refractivity contribution in [2.45, 2.75) is 38.8 Å². The van der Waals surface area contributed by atoms with Gasteiger partial charge in [-0.3, -0.25) is 4.79 Å². The summed E-state index contributed by atoms with van der Waals surface area (Å²) in [4.78, 5) is 11.5. The zero-order valence-corrected chi connectivity index (χ0v) is 11.7. The van der Waals surface area contributed by atoms with Gasteiger partial charge in [-0.05, 0) is 37.0 Å². The molecule has 4 nitrogen and oxygen atoms in total. The first-order chi connectivity index (χ1) is 9.19. The van der Waals surface area contributed by atoms with Crippen molar-refractivity contribution in [1.82, 2.24) is 10.6 Å². The lowest BCUT2D eigenvalue weighted by atomic mass is 10.1. The van der Waals surface area contributed by atoms with Gasteiger partial charge >= 0.3 is 0 Å². The molecule has 1 saturated carbocycles. The number of aryl methyl sites for hydroxylation is 1. The monoisotopic (exact) mass is 262 g/mol. The number of hydrogen-bond acceptors (Lipinski definition) is 3. The molecule has 0 radical (unpaired) electrons. The van der Waals surface area contributed by atoms with Gasteiger partial charge in [-0.15, -0.1) is 0 Å². The van der Waals surface area contributed by atoms with Crippen LogP contribution in [0, 0.1) is 6.92 Å². The van der Waals surface area contributed by atoms with Crippen molar-refractivity contribution in [3.63, 3.8) is 0 Å². The van der Waals surface area contributed by atoms with Crippen LogP contribution in [0.4, 0.5) is 0 Å². The highest BCUT2D eigenvalue weighted by molar-refractivity contribution is 5.76. The molecule has 1 aliphatic rings. The van der Waals surface area contributed by atoms with Gasteiger partial charge in [0.05, 0.1) is 7.11 Å². The van der Waals surface area contributed by atoms with E-state index in [1.165, 1.54) is 5.56 Å². The molecule has 0 aliphatic heterocycles. The molecule has 2 rings (SSSR count). The maximum Gasteiger partial charge on any atom is 0.221 e. The fraction of sp³-hybridized carbons (Fsp3) is 0.533. The Morgan fingerprint density at radius 2 is 2.21 bits per heavy atom. The SMILES string of the molecule is COc1ccc(CNCCC(=O)NC2CC2)cc1C. The third-order valence-electron chi connectivity index (χ3n) is 3.26. The van der Waals surface area contributed by atoms with E-state index in [-0.39, 0.29) is 5.91 Å². The number of carbonyl (C=O) groups is 1. The van der Waals surface area contributed by atoms with Crippen LogP contribution < -0.4 is 15.4 Å². The van der Waals surface area contributed by atoms with Crippen molar-refractivity contribution >= 4 is 5.91 Å². The van der Waals surface area contributed by atoms with Gasteiger partial charge in [0.25, 0.3) is 0 Å². The van der Waals surface area contributed by atoms with Crippen molar-refractivity contribution in [2.75, 3.05) is 13.7 Å². The quantitative estimate of drug-likeness (QED) is 0.736. The molecule has 0 unspecified atom stereocenters. The molecule has 1 aliphatic carbocycles. The van der Waals surface area contributed by atoms with E-state index in [4.69, 9.17) is 4.74 Å². The van der Waals surface area contributed by atoms with E-state index in [1.807, 2.05) is 19.1 Å². The van der Waals surface area contributed by atoms with Gasteiger partial charge in [0.15, 0.2) is 0 Å². The Balaban J connectivity index is 1.67. The lowest BCUT2D eigenvalue weighted by Gasteiger charge is -2.09. The summed E-state index contributed by atoms with van der Waals surface area (Å²) in [5.74, 6) is 1.06. The molecule has 0 bridgehead atoms. The standard InChI is InChI=1S/C15H22N2O2/c1-11-9-12(3-6-14(11)19-2)10-16-8-7-15(18)17-13-4-5-13/h3,6,9,13,16H,4-5,7-8,10H2,1-2H3,(H,17,18). The summed E-state index contributed by atoms with van der Waals surface area (Å²) in [5.41, 5.74) is 2.34. The number of rotatable bonds is 7. The molecule has 4 heteroatoms. The lowest BCUT2D eigenvalue weighted by molar-refractivity contribution is -0.121. The first-order valence-corrected chi connectivity index (χ1v) is 6.82. The molecule has 1 amide bonds. The molecule has 0 heterocycles. The third kappa shape index (κ3) is 4.56. The summed E-state index contributed by atoms with van der Waals surface area (Å²) >= 11 is 0. The van der Waals surface area contributed by atoms with E-state index >= 15 is 0 Å². The second-order valence-electron chi connectivity index (χ2n) is 5.07. The molecule has 19 heavy (non-hydrogen) atoms. The topological polar surface area (TPSA) is 50.4 Å². The van der Waals surface area contributed by atoms with Gasteiger partial charge in [-0.2, -0.15) is 0 Å². The first-order valence-electron chi connectivity index (χ1n) is 6.82. The zero-order valence-electron chi connectivity index (χ0n) is 11.7. The summed E-state index contributed by atoms with van der Waals surface area (Å²) in [6.07, 6.45) is 2.83. The molecule has 0 saturated heterocycles. The molecule has 1 fully saturated rings. The largest absolute Gasteiger partial charge is 0.496 e. The molecule has 1 aromatic rings.